The van der Waals surface area contributed by atoms with E-state index in [4.69, 9.17) is 0 Å². The minimum Gasteiger partial charge on any atom is -1.00 e. The van der Waals surface area contributed by atoms with Crippen LogP contribution in [0.1, 0.15) is 97.9 Å². The maximum absolute atomic E-state index is 2.55. The van der Waals surface area contributed by atoms with Crippen LogP contribution in [-0.4, -0.2) is 0 Å². The molecule has 0 nitrogen and oxygen atoms in total. The smallest absolute Gasteiger partial charge is 1.00 e. The molecule has 44 heavy (non-hydrogen) atoms. The van der Waals surface area contributed by atoms with Gasteiger partial charge in [0.05, 0.1) is 0 Å². The van der Waals surface area contributed by atoms with Crippen LogP contribution in [0.4, 0.5) is 0 Å². The fourth-order valence-electron chi connectivity index (χ4n) is 8.21. The van der Waals surface area contributed by atoms with Gasteiger partial charge in [-0.15, -0.1) is 0 Å². The SMILES string of the molecule is CC[CH2][Zr+]([C]1=CC=CC1)[C]1(C)C=Cc2cc(C)cc(C)c21.CC[CH2][Zr+]([C]1=CC=CC1)[C]1(C)C=Cc2cc(C)cc(C)c21.[Cl-].[Cl-]. The van der Waals surface area contributed by atoms with E-state index in [1.165, 1.54) is 67.3 Å². The summed E-state index contributed by atoms with van der Waals surface area (Å²) in [7, 11) is 0. The Bertz CT molecular complexity index is 1420. The molecule has 0 bridgehead atoms. The summed E-state index contributed by atoms with van der Waals surface area (Å²) in [4.78, 5) is 0. The van der Waals surface area contributed by atoms with E-state index in [-0.39, 0.29) is 24.8 Å². The number of allylic oxidation sites excluding steroid dienone is 10. The van der Waals surface area contributed by atoms with Gasteiger partial charge in [0.15, 0.2) is 0 Å². The van der Waals surface area contributed by atoms with Crippen LogP contribution in [0.2, 0.25) is 8.26 Å². The van der Waals surface area contributed by atoms with Crippen LogP contribution < -0.4 is 24.8 Å². The summed E-state index contributed by atoms with van der Waals surface area (Å²) in [6, 6.07) is 9.49. The molecule has 6 rings (SSSR count). The number of hydrogen-bond donors (Lipinski definition) is 0. The molecule has 2 aromatic rings. The standard InChI is InChI=1S/2C12H13.2C5H5.2C3H7.2ClH.2Zr/c2*1-8-6-10(3)12-9(2)4-5-11(12)7-8;2*1-2-4-5-3-1;2*1-3-2;;;;/h2*4-7H,1-3H3;2*1-3H,4H2;2*1,3H2,2H3;2*1H;;/q;;;;;;;;2*+1/p-2. The van der Waals surface area contributed by atoms with Crippen molar-refractivity contribution in [3.63, 3.8) is 0 Å². The summed E-state index contributed by atoms with van der Waals surface area (Å²) in [5.41, 5.74) is 12.0. The molecule has 0 radical (unpaired) electrons. The third-order valence-corrected chi connectivity index (χ3v) is 28.6. The minimum absolute atomic E-state index is 0. The third kappa shape index (κ3) is 7.36. The Morgan fingerprint density at radius 1 is 0.614 bits per heavy atom. The normalized spacial score (nSPS) is 21.5. The van der Waals surface area contributed by atoms with Gasteiger partial charge in [-0.1, -0.05) is 0 Å². The molecule has 2 unspecified atom stereocenters. The molecule has 0 amide bonds. The Hall–Kier alpha value is -0.774. The number of benzene rings is 2. The fourth-order valence-corrected chi connectivity index (χ4v) is 25.9. The Balaban J connectivity index is 0.000000230. The molecule has 0 aromatic heterocycles. The van der Waals surface area contributed by atoms with Gasteiger partial charge >= 0.3 is 275 Å². The molecule has 2 atom stereocenters. The van der Waals surface area contributed by atoms with E-state index in [1.54, 1.807) is 17.7 Å². The monoisotopic (exact) mass is 780 g/mol. The third-order valence-electron chi connectivity index (χ3n) is 9.82. The molecule has 0 aliphatic heterocycles. The molecular formula is C40H50Cl2Zr2. The van der Waals surface area contributed by atoms with Gasteiger partial charge in [0.2, 0.25) is 0 Å². The first kappa shape index (κ1) is 37.7. The summed E-state index contributed by atoms with van der Waals surface area (Å²) in [5.74, 6) is 0. The first-order valence-corrected chi connectivity index (χ1v) is 24.6. The van der Waals surface area contributed by atoms with Crippen LogP contribution in [0.15, 0.2) is 79.4 Å². The van der Waals surface area contributed by atoms with Crippen LogP contribution in [-0.2, 0) is 49.7 Å². The van der Waals surface area contributed by atoms with Gasteiger partial charge in [-0.2, -0.15) is 0 Å². The Kier molecular flexibility index (Phi) is 13.6. The van der Waals surface area contributed by atoms with Gasteiger partial charge < -0.3 is 24.8 Å². The van der Waals surface area contributed by atoms with E-state index < -0.39 is 43.5 Å². The number of hydrogen-bond acceptors (Lipinski definition) is 0. The van der Waals surface area contributed by atoms with Gasteiger partial charge in [0, 0.05) is 0 Å². The van der Waals surface area contributed by atoms with Crippen molar-refractivity contribution in [2.45, 2.75) is 95.6 Å². The molecule has 0 N–H and O–H groups in total. The Morgan fingerprint density at radius 3 is 1.32 bits per heavy atom. The zero-order valence-corrected chi connectivity index (χ0v) is 34.5. The number of rotatable bonds is 8. The maximum Gasteiger partial charge on any atom is -1.00 e. The molecule has 232 valence electrons. The average molecular weight is 784 g/mol. The van der Waals surface area contributed by atoms with Crippen molar-refractivity contribution in [3.05, 3.63) is 124 Å². The quantitative estimate of drug-likeness (QED) is 0.324. The predicted octanol–water partition coefficient (Wildman–Crippen LogP) is 5.68. The predicted molar refractivity (Wildman–Crippen MR) is 178 cm³/mol. The van der Waals surface area contributed by atoms with Gasteiger partial charge in [-0.3, -0.25) is 0 Å². The van der Waals surface area contributed by atoms with Crippen molar-refractivity contribution in [1.82, 2.24) is 0 Å². The van der Waals surface area contributed by atoms with Crippen molar-refractivity contribution in [2.75, 3.05) is 0 Å². The van der Waals surface area contributed by atoms with Crippen LogP contribution in [0, 0.1) is 27.7 Å². The van der Waals surface area contributed by atoms with Crippen molar-refractivity contribution in [1.29, 1.82) is 0 Å². The topological polar surface area (TPSA) is 0 Å². The second kappa shape index (κ2) is 15.9. The van der Waals surface area contributed by atoms with E-state index in [0.29, 0.717) is 6.25 Å². The summed E-state index contributed by atoms with van der Waals surface area (Å²) < 4.78 is 7.23. The van der Waals surface area contributed by atoms with E-state index in [9.17, 15) is 0 Å². The molecule has 0 fully saturated rings. The fraction of sp³-hybridized carbons (Fsp3) is 0.400. The molecule has 0 saturated carbocycles. The van der Waals surface area contributed by atoms with E-state index in [2.05, 4.69) is 140 Å². The van der Waals surface area contributed by atoms with Crippen LogP contribution in [0.25, 0.3) is 12.2 Å². The molecule has 4 heteroatoms. The molecule has 0 saturated heterocycles. The first-order chi connectivity index (χ1) is 20.1. The van der Waals surface area contributed by atoms with Crippen molar-refractivity contribution in [2.24, 2.45) is 0 Å². The molecule has 4 aliphatic carbocycles. The zero-order chi connectivity index (χ0) is 30.1. The van der Waals surface area contributed by atoms with Crippen molar-refractivity contribution >= 4 is 12.2 Å². The number of fused-ring (bicyclic) bond motifs is 2. The average Bonchev–Trinajstić information content (AvgIpc) is 3.75. The second-order valence-corrected chi connectivity index (χ2v) is 28.7. The maximum atomic E-state index is 2.55. The Labute approximate surface area is 297 Å². The second-order valence-electron chi connectivity index (χ2n) is 13.3. The molecule has 2 aromatic carbocycles. The van der Waals surface area contributed by atoms with Crippen molar-refractivity contribution < 1.29 is 68.3 Å². The summed E-state index contributed by atoms with van der Waals surface area (Å²) >= 11 is -3.41. The molecule has 0 heterocycles. The Morgan fingerprint density at radius 2 is 1.00 bits per heavy atom. The molecule has 0 spiro atoms. The van der Waals surface area contributed by atoms with Gasteiger partial charge in [-0.05, 0) is 0 Å². The molecular weight excluding hydrogens is 734 g/mol. The van der Waals surface area contributed by atoms with Crippen LogP contribution in [0.5, 0.6) is 0 Å². The van der Waals surface area contributed by atoms with Gasteiger partial charge in [0.25, 0.3) is 0 Å². The largest absolute Gasteiger partial charge is 1.00 e. The van der Waals surface area contributed by atoms with E-state index in [0.717, 1.165) is 0 Å². The van der Waals surface area contributed by atoms with Gasteiger partial charge in [-0.25, -0.2) is 0 Å². The minimum atomic E-state index is -1.71. The summed E-state index contributed by atoms with van der Waals surface area (Å²) in [5, 5.41) is 0. The first-order valence-electron chi connectivity index (χ1n) is 16.2. The van der Waals surface area contributed by atoms with E-state index >= 15 is 0 Å². The number of halogens is 2. The number of aryl methyl sites for hydroxylation is 4. The van der Waals surface area contributed by atoms with Crippen LogP contribution >= 0.6 is 0 Å². The van der Waals surface area contributed by atoms with Crippen molar-refractivity contribution in [3.8, 4) is 0 Å². The van der Waals surface area contributed by atoms with E-state index in [1.807, 2.05) is 0 Å². The van der Waals surface area contributed by atoms with Crippen LogP contribution in [0.3, 0.4) is 0 Å². The summed E-state index contributed by atoms with van der Waals surface area (Å²) in [6.45, 7) is 18.8. The zero-order valence-electron chi connectivity index (χ0n) is 28.1. The molecule has 4 aliphatic rings. The van der Waals surface area contributed by atoms with Gasteiger partial charge in [0.1, 0.15) is 0 Å². The summed E-state index contributed by atoms with van der Waals surface area (Å²) in [6.07, 6.45) is 29.1.